The van der Waals surface area contributed by atoms with E-state index in [4.69, 9.17) is 16.3 Å². The highest BCUT2D eigenvalue weighted by Gasteiger charge is 2.19. The van der Waals surface area contributed by atoms with Crippen LogP contribution in [0.15, 0.2) is 48.5 Å². The second-order valence-corrected chi connectivity index (χ2v) is 5.55. The van der Waals surface area contributed by atoms with Crippen molar-refractivity contribution in [3.8, 4) is 5.69 Å². The van der Waals surface area contributed by atoms with Crippen molar-refractivity contribution in [1.29, 1.82) is 0 Å². The minimum absolute atomic E-state index is 0.0909. The number of esters is 1. The van der Waals surface area contributed by atoms with E-state index in [0.717, 1.165) is 5.56 Å². The van der Waals surface area contributed by atoms with Gasteiger partial charge in [-0.1, -0.05) is 35.0 Å². The van der Waals surface area contributed by atoms with Crippen LogP contribution in [0.3, 0.4) is 0 Å². The number of nitrogens with zero attached hydrogens (tertiary/aromatic N) is 3. The van der Waals surface area contributed by atoms with Crippen LogP contribution in [-0.4, -0.2) is 21.0 Å². The van der Waals surface area contributed by atoms with Gasteiger partial charge in [0.2, 0.25) is 0 Å². The van der Waals surface area contributed by atoms with Gasteiger partial charge in [-0.25, -0.2) is 13.9 Å². The molecular formula is C17H13ClFN3O2. The lowest BCUT2D eigenvalue weighted by molar-refractivity contribution is 0.0464. The van der Waals surface area contributed by atoms with Crippen LogP contribution in [-0.2, 0) is 11.3 Å². The van der Waals surface area contributed by atoms with E-state index >= 15 is 0 Å². The maximum atomic E-state index is 13.3. The van der Waals surface area contributed by atoms with E-state index in [9.17, 15) is 9.18 Å². The first kappa shape index (κ1) is 16.1. The quantitative estimate of drug-likeness (QED) is 0.676. The Balaban J connectivity index is 1.75. The average Bonchev–Trinajstić information content (AvgIpc) is 2.96. The molecule has 3 rings (SSSR count). The van der Waals surface area contributed by atoms with Crippen LogP contribution in [0, 0.1) is 12.7 Å². The van der Waals surface area contributed by atoms with Crippen LogP contribution < -0.4 is 0 Å². The Morgan fingerprint density at radius 2 is 2.00 bits per heavy atom. The number of hydrogen-bond acceptors (Lipinski definition) is 4. The lowest BCUT2D eigenvalue weighted by Crippen LogP contribution is -2.08. The van der Waals surface area contributed by atoms with Crippen LogP contribution in [0.5, 0.6) is 0 Å². The van der Waals surface area contributed by atoms with Crippen molar-refractivity contribution in [2.75, 3.05) is 0 Å². The van der Waals surface area contributed by atoms with Gasteiger partial charge in [0.1, 0.15) is 12.4 Å². The molecule has 122 valence electrons. The molecule has 0 saturated carbocycles. The summed E-state index contributed by atoms with van der Waals surface area (Å²) in [6.45, 7) is 1.77. The van der Waals surface area contributed by atoms with Crippen LogP contribution in [0.25, 0.3) is 5.69 Å². The van der Waals surface area contributed by atoms with E-state index in [0.29, 0.717) is 16.4 Å². The predicted molar refractivity (Wildman–Crippen MR) is 86.6 cm³/mol. The first-order valence-corrected chi connectivity index (χ1v) is 7.52. The molecule has 0 aliphatic heterocycles. The first-order valence-electron chi connectivity index (χ1n) is 7.14. The van der Waals surface area contributed by atoms with Crippen LogP contribution in [0.1, 0.15) is 21.7 Å². The largest absolute Gasteiger partial charge is 0.456 e. The molecule has 0 saturated heterocycles. The molecule has 7 heteroatoms. The number of ether oxygens (including phenoxy) is 1. The first-order chi connectivity index (χ1) is 11.5. The second-order valence-electron chi connectivity index (χ2n) is 5.12. The second kappa shape index (κ2) is 6.80. The van der Waals surface area contributed by atoms with Gasteiger partial charge >= 0.3 is 5.97 Å². The lowest BCUT2D eigenvalue weighted by Gasteiger charge is -2.05. The summed E-state index contributed by atoms with van der Waals surface area (Å²) in [4.78, 5) is 12.2. The fraction of sp³-hybridized carbons (Fsp3) is 0.118. The Morgan fingerprint density at radius 1 is 1.25 bits per heavy atom. The van der Waals surface area contributed by atoms with Gasteiger partial charge in [0.15, 0.2) is 5.69 Å². The molecule has 0 atom stereocenters. The van der Waals surface area contributed by atoms with Crippen LogP contribution >= 0.6 is 11.6 Å². The van der Waals surface area contributed by atoms with Crippen LogP contribution in [0.4, 0.5) is 4.39 Å². The van der Waals surface area contributed by atoms with E-state index in [1.165, 1.54) is 16.8 Å². The summed E-state index contributed by atoms with van der Waals surface area (Å²) in [5.41, 5.74) is 1.86. The number of halogens is 2. The molecular weight excluding hydrogens is 333 g/mol. The van der Waals surface area contributed by atoms with Gasteiger partial charge in [0.25, 0.3) is 0 Å². The molecule has 24 heavy (non-hydrogen) atoms. The van der Waals surface area contributed by atoms with Crippen molar-refractivity contribution in [3.63, 3.8) is 0 Å². The normalized spacial score (nSPS) is 10.6. The number of carbonyl (C=O) groups excluding carboxylic acids is 1. The third-order valence-corrected chi connectivity index (χ3v) is 3.68. The highest BCUT2D eigenvalue weighted by atomic mass is 35.5. The van der Waals surface area contributed by atoms with Gasteiger partial charge in [-0.15, -0.1) is 5.10 Å². The standard InChI is InChI=1S/C17H13ClFN3O2/c1-11-16(17(23)24-10-12-5-7-13(18)8-6-12)20-21-22(11)15-4-2-3-14(19)9-15/h2-9H,10H2,1H3. The average molecular weight is 346 g/mol. The Bertz CT molecular complexity index is 878. The third-order valence-electron chi connectivity index (χ3n) is 3.42. The van der Waals surface area contributed by atoms with Gasteiger partial charge in [-0.3, -0.25) is 0 Å². The summed E-state index contributed by atoms with van der Waals surface area (Å²) >= 11 is 5.81. The van der Waals surface area contributed by atoms with Crippen molar-refractivity contribution in [1.82, 2.24) is 15.0 Å². The molecule has 0 aliphatic rings. The number of carbonyl (C=O) groups is 1. The predicted octanol–water partition coefficient (Wildman–Crippen LogP) is 3.73. The van der Waals surface area contributed by atoms with E-state index in [1.54, 1.807) is 43.3 Å². The van der Waals surface area contributed by atoms with Gasteiger partial charge in [0, 0.05) is 5.02 Å². The molecule has 1 aromatic heterocycles. The zero-order valence-electron chi connectivity index (χ0n) is 12.7. The molecule has 0 unspecified atom stereocenters. The molecule has 5 nitrogen and oxygen atoms in total. The fourth-order valence-corrected chi connectivity index (χ4v) is 2.29. The summed E-state index contributed by atoms with van der Waals surface area (Å²) in [6.07, 6.45) is 0. The summed E-state index contributed by atoms with van der Waals surface area (Å²) in [5.74, 6) is -0.987. The van der Waals surface area contributed by atoms with Gasteiger partial charge < -0.3 is 4.74 Å². The zero-order valence-corrected chi connectivity index (χ0v) is 13.5. The maximum absolute atomic E-state index is 13.3. The van der Waals surface area contributed by atoms with Gasteiger partial charge in [-0.2, -0.15) is 0 Å². The Morgan fingerprint density at radius 3 is 2.71 bits per heavy atom. The molecule has 3 aromatic rings. The molecule has 0 amide bonds. The lowest BCUT2D eigenvalue weighted by atomic mass is 10.2. The topological polar surface area (TPSA) is 57.0 Å². The van der Waals surface area contributed by atoms with E-state index in [2.05, 4.69) is 10.3 Å². The molecule has 0 radical (unpaired) electrons. The van der Waals surface area contributed by atoms with Crippen molar-refractivity contribution >= 4 is 17.6 Å². The minimum Gasteiger partial charge on any atom is -0.456 e. The van der Waals surface area contributed by atoms with Gasteiger partial charge in [-0.05, 0) is 42.8 Å². The number of aromatic nitrogens is 3. The van der Waals surface area contributed by atoms with E-state index in [1.807, 2.05) is 0 Å². The Labute approximate surface area is 142 Å². The molecule has 0 fully saturated rings. The zero-order chi connectivity index (χ0) is 17.1. The van der Waals surface area contributed by atoms with E-state index in [-0.39, 0.29) is 12.3 Å². The van der Waals surface area contributed by atoms with Gasteiger partial charge in [0.05, 0.1) is 11.4 Å². The van der Waals surface area contributed by atoms with Crippen molar-refractivity contribution in [2.45, 2.75) is 13.5 Å². The third kappa shape index (κ3) is 3.44. The van der Waals surface area contributed by atoms with Crippen molar-refractivity contribution < 1.29 is 13.9 Å². The fourth-order valence-electron chi connectivity index (χ4n) is 2.17. The summed E-state index contributed by atoms with van der Waals surface area (Å²) < 4.78 is 20.0. The number of hydrogen-bond donors (Lipinski definition) is 0. The molecule has 0 bridgehead atoms. The molecule has 2 aromatic carbocycles. The highest BCUT2D eigenvalue weighted by Crippen LogP contribution is 2.15. The molecule has 0 spiro atoms. The van der Waals surface area contributed by atoms with Crippen molar-refractivity contribution in [2.24, 2.45) is 0 Å². The smallest absolute Gasteiger partial charge is 0.361 e. The monoisotopic (exact) mass is 345 g/mol. The summed E-state index contributed by atoms with van der Waals surface area (Å²) in [5, 5.41) is 8.35. The number of benzene rings is 2. The SMILES string of the molecule is Cc1c(C(=O)OCc2ccc(Cl)cc2)nnn1-c1cccc(F)c1. The summed E-state index contributed by atoms with van der Waals surface area (Å²) in [7, 11) is 0. The van der Waals surface area contributed by atoms with E-state index < -0.39 is 11.8 Å². The molecule has 0 N–H and O–H groups in total. The number of rotatable bonds is 4. The summed E-state index contributed by atoms with van der Waals surface area (Å²) in [6, 6.07) is 12.9. The highest BCUT2D eigenvalue weighted by molar-refractivity contribution is 6.30. The molecule has 0 aliphatic carbocycles. The van der Waals surface area contributed by atoms with Crippen molar-refractivity contribution in [3.05, 3.63) is 76.3 Å². The molecule has 1 heterocycles. The Kier molecular flexibility index (Phi) is 4.57. The minimum atomic E-state index is -0.592. The Hall–Kier alpha value is -2.73. The maximum Gasteiger partial charge on any atom is 0.361 e. The van der Waals surface area contributed by atoms with Crippen LogP contribution in [0.2, 0.25) is 5.02 Å².